The van der Waals surface area contributed by atoms with Gasteiger partial charge in [0.15, 0.2) is 6.61 Å². The van der Waals surface area contributed by atoms with Gasteiger partial charge in [-0.2, -0.15) is 5.10 Å². The van der Waals surface area contributed by atoms with E-state index in [2.05, 4.69) is 17.3 Å². The minimum atomic E-state index is -0.480. The van der Waals surface area contributed by atoms with Crippen molar-refractivity contribution >= 4 is 5.91 Å². The maximum atomic E-state index is 10.7. The SMILES string of the molecule is Cc1cnn(C[C@H](C)NCc2cccc(OCC(N)=O)c2)c1. The Morgan fingerprint density at radius 2 is 2.32 bits per heavy atom. The zero-order chi connectivity index (χ0) is 15.9. The first kappa shape index (κ1) is 16.0. The molecular formula is C16H22N4O2. The highest BCUT2D eigenvalue weighted by Crippen LogP contribution is 2.13. The summed E-state index contributed by atoms with van der Waals surface area (Å²) in [6.07, 6.45) is 3.88. The molecule has 1 aromatic carbocycles. The number of nitrogens with zero attached hydrogens (tertiary/aromatic N) is 2. The second-order valence-electron chi connectivity index (χ2n) is 5.42. The number of benzene rings is 1. The van der Waals surface area contributed by atoms with E-state index in [1.54, 1.807) is 0 Å². The van der Waals surface area contributed by atoms with Gasteiger partial charge < -0.3 is 15.8 Å². The molecule has 0 aliphatic rings. The van der Waals surface area contributed by atoms with Crippen molar-refractivity contribution < 1.29 is 9.53 Å². The summed E-state index contributed by atoms with van der Waals surface area (Å²) in [6, 6.07) is 7.90. The third-order valence-corrected chi connectivity index (χ3v) is 3.16. The van der Waals surface area contributed by atoms with Crippen LogP contribution >= 0.6 is 0 Å². The molecule has 0 spiro atoms. The van der Waals surface area contributed by atoms with Crippen molar-refractivity contribution in [2.75, 3.05) is 6.61 Å². The van der Waals surface area contributed by atoms with Gasteiger partial charge in [0.25, 0.3) is 5.91 Å². The van der Waals surface area contributed by atoms with E-state index in [-0.39, 0.29) is 12.6 Å². The monoisotopic (exact) mass is 302 g/mol. The summed E-state index contributed by atoms with van der Waals surface area (Å²) in [5.74, 6) is 0.167. The lowest BCUT2D eigenvalue weighted by Crippen LogP contribution is -2.30. The summed E-state index contributed by atoms with van der Waals surface area (Å²) in [6.45, 7) is 5.57. The number of aromatic nitrogens is 2. The molecule has 0 bridgehead atoms. The molecule has 0 unspecified atom stereocenters. The first-order valence-corrected chi connectivity index (χ1v) is 7.25. The minimum Gasteiger partial charge on any atom is -0.484 e. The molecule has 118 valence electrons. The van der Waals surface area contributed by atoms with Gasteiger partial charge in [0.2, 0.25) is 0 Å². The Morgan fingerprint density at radius 1 is 1.50 bits per heavy atom. The molecule has 1 amide bonds. The van der Waals surface area contributed by atoms with Crippen LogP contribution in [0.25, 0.3) is 0 Å². The number of nitrogens with two attached hydrogens (primary N) is 1. The van der Waals surface area contributed by atoms with Crippen molar-refractivity contribution in [1.29, 1.82) is 0 Å². The number of hydrogen-bond donors (Lipinski definition) is 2. The van der Waals surface area contributed by atoms with Crippen LogP contribution in [0.5, 0.6) is 5.75 Å². The first-order valence-electron chi connectivity index (χ1n) is 7.25. The van der Waals surface area contributed by atoms with Crippen LogP contribution in [0.4, 0.5) is 0 Å². The van der Waals surface area contributed by atoms with Crippen LogP contribution in [-0.2, 0) is 17.9 Å². The number of carbonyl (C=O) groups excluding carboxylic acids is 1. The summed E-state index contributed by atoms with van der Waals surface area (Å²) in [7, 11) is 0. The minimum absolute atomic E-state index is 0.105. The van der Waals surface area contributed by atoms with Crippen molar-refractivity contribution in [2.24, 2.45) is 5.73 Å². The van der Waals surface area contributed by atoms with Gasteiger partial charge in [-0.3, -0.25) is 9.48 Å². The van der Waals surface area contributed by atoms with Gasteiger partial charge in [-0.1, -0.05) is 12.1 Å². The third-order valence-electron chi connectivity index (χ3n) is 3.16. The van der Waals surface area contributed by atoms with Crippen molar-refractivity contribution in [3.8, 4) is 5.75 Å². The number of hydrogen-bond acceptors (Lipinski definition) is 4. The standard InChI is InChI=1S/C16H22N4O2/c1-12-7-19-20(9-12)10-13(2)18-8-14-4-3-5-15(6-14)22-11-16(17)21/h3-7,9,13,18H,8,10-11H2,1-2H3,(H2,17,21)/t13-/m0/s1. The second-order valence-corrected chi connectivity index (χ2v) is 5.42. The van der Waals surface area contributed by atoms with Crippen LogP contribution in [0.1, 0.15) is 18.1 Å². The summed E-state index contributed by atoms with van der Waals surface area (Å²) >= 11 is 0. The normalized spacial score (nSPS) is 12.1. The van der Waals surface area contributed by atoms with E-state index < -0.39 is 5.91 Å². The molecule has 22 heavy (non-hydrogen) atoms. The van der Waals surface area contributed by atoms with Crippen LogP contribution in [0.15, 0.2) is 36.7 Å². The van der Waals surface area contributed by atoms with Gasteiger partial charge in [0.05, 0.1) is 12.7 Å². The Morgan fingerprint density at radius 3 is 3.00 bits per heavy atom. The predicted molar refractivity (Wildman–Crippen MR) is 84.4 cm³/mol. The number of carbonyl (C=O) groups is 1. The fourth-order valence-corrected chi connectivity index (χ4v) is 2.10. The lowest BCUT2D eigenvalue weighted by molar-refractivity contribution is -0.119. The second kappa shape index (κ2) is 7.61. The molecule has 2 rings (SSSR count). The highest BCUT2D eigenvalue weighted by Gasteiger charge is 2.05. The Hall–Kier alpha value is -2.34. The largest absolute Gasteiger partial charge is 0.484 e. The van der Waals surface area contributed by atoms with Crippen molar-refractivity contribution in [3.63, 3.8) is 0 Å². The molecule has 1 aromatic heterocycles. The Kier molecular flexibility index (Phi) is 5.55. The van der Waals surface area contributed by atoms with Crippen LogP contribution in [0.2, 0.25) is 0 Å². The van der Waals surface area contributed by atoms with Crippen LogP contribution in [0, 0.1) is 6.92 Å². The van der Waals surface area contributed by atoms with E-state index in [9.17, 15) is 4.79 Å². The van der Waals surface area contributed by atoms with E-state index in [1.165, 1.54) is 0 Å². The molecule has 2 aromatic rings. The lowest BCUT2D eigenvalue weighted by Gasteiger charge is -2.14. The quantitative estimate of drug-likeness (QED) is 0.768. The van der Waals surface area contributed by atoms with Crippen molar-refractivity contribution in [2.45, 2.75) is 33.0 Å². The molecule has 6 nitrogen and oxygen atoms in total. The van der Waals surface area contributed by atoms with Crippen LogP contribution < -0.4 is 15.8 Å². The molecule has 1 heterocycles. The Balaban J connectivity index is 1.82. The topological polar surface area (TPSA) is 82.2 Å². The van der Waals surface area contributed by atoms with Crippen molar-refractivity contribution in [3.05, 3.63) is 47.8 Å². The molecule has 0 radical (unpaired) electrons. The Bertz CT molecular complexity index is 624. The lowest BCUT2D eigenvalue weighted by atomic mass is 10.2. The van der Waals surface area contributed by atoms with Gasteiger partial charge in [-0.15, -0.1) is 0 Å². The average molecular weight is 302 g/mol. The zero-order valence-corrected chi connectivity index (χ0v) is 13.0. The smallest absolute Gasteiger partial charge is 0.255 e. The molecule has 0 fully saturated rings. The van der Waals surface area contributed by atoms with Gasteiger partial charge in [0, 0.05) is 18.8 Å². The fourth-order valence-electron chi connectivity index (χ4n) is 2.10. The molecule has 6 heteroatoms. The number of aryl methyl sites for hydroxylation is 1. The highest BCUT2D eigenvalue weighted by atomic mass is 16.5. The Labute approximate surface area is 130 Å². The molecular weight excluding hydrogens is 280 g/mol. The predicted octanol–water partition coefficient (Wildman–Crippen LogP) is 1.23. The first-order chi connectivity index (χ1) is 10.5. The maximum absolute atomic E-state index is 10.7. The average Bonchev–Trinajstić information content (AvgIpc) is 2.88. The molecule has 0 saturated carbocycles. The molecule has 0 saturated heterocycles. The molecule has 0 aliphatic heterocycles. The van der Waals surface area contributed by atoms with E-state index in [1.807, 2.05) is 48.3 Å². The van der Waals surface area contributed by atoms with Gasteiger partial charge >= 0.3 is 0 Å². The van der Waals surface area contributed by atoms with Gasteiger partial charge in [-0.05, 0) is 37.1 Å². The number of nitrogens with one attached hydrogen (secondary N) is 1. The molecule has 1 atom stereocenters. The highest BCUT2D eigenvalue weighted by molar-refractivity contribution is 5.75. The third kappa shape index (κ3) is 5.21. The summed E-state index contributed by atoms with van der Waals surface area (Å²) in [4.78, 5) is 10.7. The number of amides is 1. The van der Waals surface area contributed by atoms with Crippen molar-refractivity contribution in [1.82, 2.24) is 15.1 Å². The fraction of sp³-hybridized carbons (Fsp3) is 0.375. The molecule has 0 aliphatic carbocycles. The number of ether oxygens (including phenoxy) is 1. The summed E-state index contributed by atoms with van der Waals surface area (Å²) in [5.41, 5.74) is 7.31. The maximum Gasteiger partial charge on any atom is 0.255 e. The van der Waals surface area contributed by atoms with Gasteiger partial charge in [-0.25, -0.2) is 0 Å². The summed E-state index contributed by atoms with van der Waals surface area (Å²) in [5, 5.41) is 7.72. The molecule has 3 N–H and O–H groups in total. The zero-order valence-electron chi connectivity index (χ0n) is 13.0. The number of rotatable bonds is 8. The van der Waals surface area contributed by atoms with Gasteiger partial charge in [0.1, 0.15) is 5.75 Å². The van der Waals surface area contributed by atoms with E-state index in [4.69, 9.17) is 10.5 Å². The van der Waals surface area contributed by atoms with E-state index in [0.717, 1.165) is 24.2 Å². The number of primary amides is 1. The van der Waals surface area contributed by atoms with E-state index in [0.29, 0.717) is 5.75 Å². The van der Waals surface area contributed by atoms with Crippen LogP contribution in [0.3, 0.4) is 0 Å². The van der Waals surface area contributed by atoms with Crippen LogP contribution in [-0.4, -0.2) is 28.3 Å². The van der Waals surface area contributed by atoms with E-state index >= 15 is 0 Å². The summed E-state index contributed by atoms with van der Waals surface area (Å²) < 4.78 is 7.23.